The lowest BCUT2D eigenvalue weighted by molar-refractivity contribution is -0.138. The minimum Gasteiger partial charge on any atom is -0.481 e. The minimum absolute atomic E-state index is 0.234. The molecule has 1 aliphatic rings. The molecule has 0 spiro atoms. The third kappa shape index (κ3) is 1.05. The van der Waals surface area contributed by atoms with Crippen LogP contribution in [0, 0.1) is 5.92 Å². The summed E-state index contributed by atoms with van der Waals surface area (Å²) in [5.74, 6) is -0.971. The molecular formula is C4H4Br2O2. The standard InChI is InChI=1S/C4H4Br2O2/c5-4(6)1-2(4)3(7)8/h2H,1H2,(H,7,8)/t2-/m1/s1. The van der Waals surface area contributed by atoms with Gasteiger partial charge in [-0.2, -0.15) is 0 Å². The van der Waals surface area contributed by atoms with Crippen LogP contribution in [0.1, 0.15) is 6.42 Å². The fourth-order valence-electron chi connectivity index (χ4n) is 0.481. The summed E-state index contributed by atoms with van der Waals surface area (Å²) in [7, 11) is 0. The van der Waals surface area contributed by atoms with Gasteiger partial charge >= 0.3 is 5.97 Å². The SMILES string of the molecule is O=C(O)[C@H]1CC1(Br)Br. The van der Waals surface area contributed by atoms with E-state index in [9.17, 15) is 4.79 Å². The first kappa shape index (κ1) is 6.55. The highest BCUT2D eigenvalue weighted by Crippen LogP contribution is 2.56. The van der Waals surface area contributed by atoms with Crippen LogP contribution in [0.3, 0.4) is 0 Å². The summed E-state index contributed by atoms with van der Waals surface area (Å²) in [6.45, 7) is 0. The Kier molecular flexibility index (Phi) is 1.39. The molecule has 46 valence electrons. The van der Waals surface area contributed by atoms with E-state index >= 15 is 0 Å². The molecule has 1 N–H and O–H groups in total. The molecule has 1 aliphatic carbocycles. The van der Waals surface area contributed by atoms with E-state index in [2.05, 4.69) is 31.9 Å². The Bertz CT molecular complexity index is 132. The summed E-state index contributed by atoms with van der Waals surface area (Å²) in [4.78, 5) is 10.1. The Morgan fingerprint density at radius 1 is 1.75 bits per heavy atom. The number of rotatable bonds is 1. The van der Waals surface area contributed by atoms with Gasteiger partial charge in [-0.15, -0.1) is 0 Å². The van der Waals surface area contributed by atoms with Gasteiger partial charge in [-0.1, -0.05) is 31.9 Å². The normalized spacial score (nSPS) is 32.0. The molecule has 0 aliphatic heterocycles. The van der Waals surface area contributed by atoms with Crippen molar-refractivity contribution in [3.8, 4) is 0 Å². The number of hydrogen-bond donors (Lipinski definition) is 1. The van der Waals surface area contributed by atoms with Crippen LogP contribution in [-0.4, -0.2) is 14.3 Å². The van der Waals surface area contributed by atoms with Crippen LogP contribution in [-0.2, 0) is 4.79 Å². The van der Waals surface area contributed by atoms with E-state index in [-0.39, 0.29) is 9.15 Å². The van der Waals surface area contributed by atoms with Gasteiger partial charge < -0.3 is 5.11 Å². The number of carboxylic acid groups (broad SMARTS) is 1. The molecule has 1 rings (SSSR count). The van der Waals surface area contributed by atoms with Gasteiger partial charge in [-0.05, 0) is 6.42 Å². The van der Waals surface area contributed by atoms with E-state index in [1.807, 2.05) is 0 Å². The molecule has 1 saturated carbocycles. The lowest BCUT2D eigenvalue weighted by Crippen LogP contribution is -2.02. The van der Waals surface area contributed by atoms with Gasteiger partial charge in [0.15, 0.2) is 0 Å². The lowest BCUT2D eigenvalue weighted by Gasteiger charge is -1.89. The number of halogens is 2. The molecule has 0 saturated heterocycles. The summed E-state index contributed by atoms with van der Waals surface area (Å²) in [5.41, 5.74) is 0. The van der Waals surface area contributed by atoms with Gasteiger partial charge in [0.25, 0.3) is 0 Å². The minimum atomic E-state index is -0.737. The van der Waals surface area contributed by atoms with Crippen molar-refractivity contribution in [1.82, 2.24) is 0 Å². The molecule has 0 amide bonds. The molecule has 0 radical (unpaired) electrons. The second-order valence-corrected chi connectivity index (χ2v) is 5.75. The Morgan fingerprint density at radius 2 is 2.12 bits per heavy atom. The number of hydrogen-bond acceptors (Lipinski definition) is 1. The van der Waals surface area contributed by atoms with Crippen molar-refractivity contribution in [3.05, 3.63) is 0 Å². The van der Waals surface area contributed by atoms with Crippen LogP contribution in [0.25, 0.3) is 0 Å². The summed E-state index contributed by atoms with van der Waals surface area (Å²) < 4.78 is -0.286. The highest BCUT2D eigenvalue weighted by Gasteiger charge is 2.55. The monoisotopic (exact) mass is 242 g/mol. The maximum Gasteiger partial charge on any atom is 0.308 e. The molecule has 2 nitrogen and oxygen atoms in total. The van der Waals surface area contributed by atoms with Gasteiger partial charge in [-0.25, -0.2) is 0 Å². The second-order valence-electron chi connectivity index (χ2n) is 1.86. The third-order valence-corrected chi connectivity index (χ3v) is 2.88. The third-order valence-electron chi connectivity index (χ3n) is 1.12. The summed E-state index contributed by atoms with van der Waals surface area (Å²) in [6, 6.07) is 0. The molecule has 8 heavy (non-hydrogen) atoms. The lowest BCUT2D eigenvalue weighted by atomic mass is 10.5. The predicted molar refractivity (Wildman–Crippen MR) is 36.3 cm³/mol. The molecule has 0 aromatic rings. The van der Waals surface area contributed by atoms with Crippen molar-refractivity contribution in [3.63, 3.8) is 0 Å². The highest BCUT2D eigenvalue weighted by atomic mass is 79.9. The first-order valence-electron chi connectivity index (χ1n) is 2.14. The summed E-state index contributed by atoms with van der Waals surface area (Å²) in [6.07, 6.45) is 0.683. The summed E-state index contributed by atoms with van der Waals surface area (Å²) >= 11 is 6.38. The van der Waals surface area contributed by atoms with E-state index in [0.717, 1.165) is 0 Å². The molecule has 0 unspecified atom stereocenters. The van der Waals surface area contributed by atoms with Gasteiger partial charge in [-0.3, -0.25) is 4.79 Å². The highest BCUT2D eigenvalue weighted by molar-refractivity contribution is 9.25. The van der Waals surface area contributed by atoms with Gasteiger partial charge in [0, 0.05) is 0 Å². The largest absolute Gasteiger partial charge is 0.481 e. The number of carboxylic acids is 1. The van der Waals surface area contributed by atoms with Crippen molar-refractivity contribution in [2.75, 3.05) is 0 Å². The topological polar surface area (TPSA) is 37.3 Å². The zero-order valence-corrected chi connectivity index (χ0v) is 7.07. The van der Waals surface area contributed by atoms with Crippen LogP contribution in [0.15, 0.2) is 0 Å². The van der Waals surface area contributed by atoms with E-state index in [1.54, 1.807) is 0 Å². The quantitative estimate of drug-likeness (QED) is 0.711. The fraction of sp³-hybridized carbons (Fsp3) is 0.750. The van der Waals surface area contributed by atoms with Crippen molar-refractivity contribution < 1.29 is 9.90 Å². The van der Waals surface area contributed by atoms with E-state index in [4.69, 9.17) is 5.11 Å². The predicted octanol–water partition coefficient (Wildman–Crippen LogP) is 1.58. The number of alkyl halides is 2. The van der Waals surface area contributed by atoms with Crippen LogP contribution < -0.4 is 0 Å². The van der Waals surface area contributed by atoms with Crippen LogP contribution in [0.5, 0.6) is 0 Å². The Balaban J connectivity index is 2.48. The zero-order chi connectivity index (χ0) is 6.36. The summed E-state index contributed by atoms with van der Waals surface area (Å²) in [5, 5.41) is 8.33. The van der Waals surface area contributed by atoms with E-state index < -0.39 is 5.97 Å². The molecular weight excluding hydrogens is 240 g/mol. The maximum atomic E-state index is 10.1. The van der Waals surface area contributed by atoms with E-state index in [0.29, 0.717) is 6.42 Å². The Morgan fingerprint density at radius 3 is 2.12 bits per heavy atom. The van der Waals surface area contributed by atoms with Crippen LogP contribution in [0.2, 0.25) is 0 Å². The average molecular weight is 244 g/mol. The zero-order valence-electron chi connectivity index (χ0n) is 3.90. The molecule has 1 fully saturated rings. The Hall–Kier alpha value is 0.430. The average Bonchev–Trinajstić information content (AvgIpc) is 2.13. The molecule has 1 atom stereocenters. The number of aliphatic carboxylic acids is 1. The van der Waals surface area contributed by atoms with Crippen molar-refractivity contribution in [1.29, 1.82) is 0 Å². The maximum absolute atomic E-state index is 10.1. The molecule has 0 heterocycles. The molecule has 0 aromatic carbocycles. The molecule has 0 bridgehead atoms. The van der Waals surface area contributed by atoms with Crippen molar-refractivity contribution in [2.45, 2.75) is 9.65 Å². The smallest absolute Gasteiger partial charge is 0.308 e. The first-order chi connectivity index (χ1) is 3.54. The Labute approximate surface area is 63.5 Å². The first-order valence-corrected chi connectivity index (χ1v) is 3.73. The van der Waals surface area contributed by atoms with E-state index in [1.165, 1.54) is 0 Å². The van der Waals surface area contributed by atoms with Crippen LogP contribution >= 0.6 is 31.9 Å². The fourth-order valence-corrected chi connectivity index (χ4v) is 1.52. The van der Waals surface area contributed by atoms with Gasteiger partial charge in [0.05, 0.1) is 9.15 Å². The van der Waals surface area contributed by atoms with Crippen molar-refractivity contribution >= 4 is 37.8 Å². The molecule has 0 aromatic heterocycles. The molecule has 4 heteroatoms. The number of carbonyl (C=O) groups is 1. The van der Waals surface area contributed by atoms with Gasteiger partial charge in [0.2, 0.25) is 0 Å². The van der Waals surface area contributed by atoms with Crippen LogP contribution in [0.4, 0.5) is 0 Å². The van der Waals surface area contributed by atoms with Crippen molar-refractivity contribution in [2.24, 2.45) is 5.92 Å². The van der Waals surface area contributed by atoms with Gasteiger partial charge in [0.1, 0.15) is 0 Å². The second kappa shape index (κ2) is 1.70.